The molecule has 4 rings (SSSR count). The average molecular weight is 446 g/mol. The molecule has 1 saturated heterocycles. The van der Waals surface area contributed by atoms with Crippen LogP contribution < -0.4 is 5.73 Å². The first-order valence-electron chi connectivity index (χ1n) is 9.61. The zero-order valence-corrected chi connectivity index (χ0v) is 18.4. The van der Waals surface area contributed by atoms with Gasteiger partial charge in [-0.3, -0.25) is 9.48 Å². The van der Waals surface area contributed by atoms with Crippen LogP contribution in [-0.2, 0) is 23.4 Å². The SMILES string of the molecule is C[C@@H]1CCN(C(=O)c2cc(-c3cnn(C)c3)cc(S(=O)(=O)c3cnc(CN)s3)c2)C1. The second-order valence-electron chi connectivity index (χ2n) is 7.57. The minimum Gasteiger partial charge on any atom is -0.338 e. The lowest BCUT2D eigenvalue weighted by Crippen LogP contribution is -2.28. The Balaban J connectivity index is 1.82. The first kappa shape index (κ1) is 20.7. The first-order valence-corrected chi connectivity index (χ1v) is 11.9. The minimum atomic E-state index is -3.84. The van der Waals surface area contributed by atoms with E-state index >= 15 is 0 Å². The molecule has 1 amide bonds. The number of carbonyl (C=O) groups excluding carboxylic acids is 1. The molecule has 0 radical (unpaired) electrons. The van der Waals surface area contributed by atoms with Gasteiger partial charge in [0.05, 0.1) is 17.3 Å². The Morgan fingerprint density at radius 2 is 2.07 bits per heavy atom. The molecule has 0 aliphatic carbocycles. The summed E-state index contributed by atoms with van der Waals surface area (Å²) in [4.78, 5) is 19.0. The van der Waals surface area contributed by atoms with E-state index in [1.54, 1.807) is 41.2 Å². The van der Waals surface area contributed by atoms with Gasteiger partial charge in [-0.25, -0.2) is 13.4 Å². The number of hydrogen-bond acceptors (Lipinski definition) is 7. The van der Waals surface area contributed by atoms with Gasteiger partial charge in [0.15, 0.2) is 0 Å². The maximum Gasteiger partial charge on any atom is 0.253 e. The second-order valence-corrected chi connectivity index (χ2v) is 10.9. The fourth-order valence-corrected chi connectivity index (χ4v) is 6.08. The third kappa shape index (κ3) is 3.90. The average Bonchev–Trinajstić information content (AvgIpc) is 3.47. The summed E-state index contributed by atoms with van der Waals surface area (Å²) in [5, 5.41) is 4.71. The molecule has 8 nitrogen and oxygen atoms in total. The smallest absolute Gasteiger partial charge is 0.253 e. The summed E-state index contributed by atoms with van der Waals surface area (Å²) in [5.74, 6) is 0.277. The maximum absolute atomic E-state index is 13.3. The van der Waals surface area contributed by atoms with E-state index in [1.807, 2.05) is 0 Å². The molecule has 158 valence electrons. The highest BCUT2D eigenvalue weighted by Crippen LogP contribution is 2.31. The lowest BCUT2D eigenvalue weighted by molar-refractivity contribution is 0.0788. The van der Waals surface area contributed by atoms with E-state index in [0.717, 1.165) is 23.3 Å². The summed E-state index contributed by atoms with van der Waals surface area (Å²) >= 11 is 1.04. The Kier molecular flexibility index (Phi) is 5.48. The van der Waals surface area contributed by atoms with Gasteiger partial charge in [-0.15, -0.1) is 11.3 Å². The topological polar surface area (TPSA) is 111 Å². The van der Waals surface area contributed by atoms with E-state index in [1.165, 1.54) is 12.3 Å². The van der Waals surface area contributed by atoms with Crippen LogP contribution in [0.15, 0.2) is 45.9 Å². The van der Waals surface area contributed by atoms with Crippen molar-refractivity contribution in [3.8, 4) is 11.1 Å². The van der Waals surface area contributed by atoms with Crippen LogP contribution in [0, 0.1) is 5.92 Å². The van der Waals surface area contributed by atoms with Gasteiger partial charge in [-0.05, 0) is 36.1 Å². The number of thiazole rings is 1. The predicted molar refractivity (Wildman–Crippen MR) is 114 cm³/mol. The number of nitrogens with two attached hydrogens (primary N) is 1. The predicted octanol–water partition coefficient (Wildman–Crippen LogP) is 2.32. The normalized spacial score (nSPS) is 16.9. The zero-order chi connectivity index (χ0) is 21.5. The highest BCUT2D eigenvalue weighted by molar-refractivity contribution is 7.93. The molecular formula is C20H23N5O3S2. The van der Waals surface area contributed by atoms with Crippen molar-refractivity contribution in [2.24, 2.45) is 18.7 Å². The van der Waals surface area contributed by atoms with Crippen molar-refractivity contribution < 1.29 is 13.2 Å². The maximum atomic E-state index is 13.3. The molecule has 0 bridgehead atoms. The molecule has 1 aromatic carbocycles. The van der Waals surface area contributed by atoms with Crippen molar-refractivity contribution in [1.82, 2.24) is 19.7 Å². The van der Waals surface area contributed by atoms with Gasteiger partial charge in [0, 0.05) is 44.0 Å². The minimum absolute atomic E-state index is 0.0617. The van der Waals surface area contributed by atoms with E-state index in [-0.39, 0.29) is 21.6 Å². The van der Waals surface area contributed by atoms with Gasteiger partial charge in [0.1, 0.15) is 9.22 Å². The lowest BCUT2D eigenvalue weighted by atomic mass is 10.1. The van der Waals surface area contributed by atoms with Gasteiger partial charge in [-0.1, -0.05) is 6.92 Å². The van der Waals surface area contributed by atoms with Gasteiger partial charge < -0.3 is 10.6 Å². The number of nitrogens with zero attached hydrogens (tertiary/aromatic N) is 4. The molecule has 0 spiro atoms. The summed E-state index contributed by atoms with van der Waals surface area (Å²) in [6.45, 7) is 3.63. The van der Waals surface area contributed by atoms with Crippen molar-refractivity contribution in [3.05, 3.63) is 47.4 Å². The van der Waals surface area contributed by atoms with Crippen molar-refractivity contribution in [3.63, 3.8) is 0 Å². The molecule has 1 aliphatic heterocycles. The summed E-state index contributed by atoms with van der Waals surface area (Å²) in [6, 6.07) is 4.78. The van der Waals surface area contributed by atoms with Crippen molar-refractivity contribution in [2.75, 3.05) is 13.1 Å². The number of aromatic nitrogens is 3. The first-order chi connectivity index (χ1) is 14.3. The van der Waals surface area contributed by atoms with Gasteiger partial charge in [0.25, 0.3) is 5.91 Å². The summed E-state index contributed by atoms with van der Waals surface area (Å²) in [5.41, 5.74) is 7.31. The highest BCUT2D eigenvalue weighted by Gasteiger charge is 2.28. The number of sulfone groups is 1. The summed E-state index contributed by atoms with van der Waals surface area (Å²) in [6.07, 6.45) is 5.71. The molecule has 3 aromatic rings. The van der Waals surface area contributed by atoms with Crippen molar-refractivity contribution in [1.29, 1.82) is 0 Å². The van der Waals surface area contributed by atoms with Gasteiger partial charge >= 0.3 is 0 Å². The summed E-state index contributed by atoms with van der Waals surface area (Å²) in [7, 11) is -2.05. The Morgan fingerprint density at radius 3 is 2.67 bits per heavy atom. The van der Waals surface area contributed by atoms with Gasteiger partial charge in [0.2, 0.25) is 9.84 Å². The summed E-state index contributed by atoms with van der Waals surface area (Å²) < 4.78 is 28.3. The quantitative estimate of drug-likeness (QED) is 0.645. The molecule has 10 heteroatoms. The monoisotopic (exact) mass is 445 g/mol. The Hall–Kier alpha value is -2.56. The van der Waals surface area contributed by atoms with Crippen LogP contribution in [-0.4, -0.2) is 47.1 Å². The number of aryl methyl sites for hydroxylation is 1. The van der Waals surface area contributed by atoms with E-state index in [0.29, 0.717) is 35.1 Å². The van der Waals surface area contributed by atoms with Crippen LogP contribution in [0.4, 0.5) is 0 Å². The fourth-order valence-electron chi connectivity index (χ4n) is 3.54. The Labute approximate surface area is 179 Å². The molecule has 0 unspecified atom stereocenters. The lowest BCUT2D eigenvalue weighted by Gasteiger charge is -2.17. The molecule has 1 fully saturated rings. The second kappa shape index (κ2) is 7.93. The number of benzene rings is 1. The van der Waals surface area contributed by atoms with Crippen LogP contribution in [0.1, 0.15) is 28.7 Å². The Bertz CT molecular complexity index is 1200. The standard InChI is InChI=1S/C20H23N5O3S2/c1-13-3-4-25(11-13)20(26)15-5-14(16-9-23-24(2)12-16)6-17(7-15)30(27,28)19-10-22-18(8-21)29-19/h5-7,9-10,12-13H,3-4,8,11,21H2,1-2H3/t13-/m1/s1. The van der Waals surface area contributed by atoms with E-state index in [4.69, 9.17) is 5.73 Å². The molecule has 0 saturated carbocycles. The van der Waals surface area contributed by atoms with Crippen molar-refractivity contribution in [2.45, 2.75) is 29.0 Å². The van der Waals surface area contributed by atoms with Crippen LogP contribution in [0.25, 0.3) is 11.1 Å². The number of amides is 1. The molecule has 2 aromatic heterocycles. The number of rotatable bonds is 5. The number of likely N-dealkylation sites (tertiary alicyclic amines) is 1. The molecular weight excluding hydrogens is 422 g/mol. The van der Waals surface area contributed by atoms with Gasteiger partial charge in [-0.2, -0.15) is 5.10 Å². The van der Waals surface area contributed by atoms with E-state index < -0.39 is 9.84 Å². The van der Waals surface area contributed by atoms with Crippen molar-refractivity contribution >= 4 is 27.1 Å². The molecule has 2 N–H and O–H groups in total. The van der Waals surface area contributed by atoms with E-state index in [2.05, 4.69) is 17.0 Å². The largest absolute Gasteiger partial charge is 0.338 e. The van der Waals surface area contributed by atoms with Crippen LogP contribution >= 0.6 is 11.3 Å². The molecule has 1 aliphatic rings. The molecule has 1 atom stereocenters. The van der Waals surface area contributed by atoms with Crippen LogP contribution in [0.2, 0.25) is 0 Å². The Morgan fingerprint density at radius 1 is 1.27 bits per heavy atom. The molecule has 30 heavy (non-hydrogen) atoms. The number of carbonyl (C=O) groups is 1. The third-order valence-electron chi connectivity index (χ3n) is 5.18. The highest BCUT2D eigenvalue weighted by atomic mass is 32.2. The fraction of sp³-hybridized carbons (Fsp3) is 0.350. The van der Waals surface area contributed by atoms with E-state index in [9.17, 15) is 13.2 Å². The molecule has 3 heterocycles. The number of hydrogen-bond donors (Lipinski definition) is 1. The van der Waals surface area contributed by atoms with Crippen LogP contribution in [0.5, 0.6) is 0 Å². The zero-order valence-electron chi connectivity index (χ0n) is 16.8. The van der Waals surface area contributed by atoms with Crippen LogP contribution in [0.3, 0.4) is 0 Å². The third-order valence-corrected chi connectivity index (χ3v) is 8.40.